The van der Waals surface area contributed by atoms with Gasteiger partial charge < -0.3 is 10.3 Å². The number of rotatable bonds is 4. The van der Waals surface area contributed by atoms with Crippen molar-refractivity contribution in [2.45, 2.75) is 13.5 Å². The van der Waals surface area contributed by atoms with Crippen molar-refractivity contribution >= 4 is 38.4 Å². The largest absolute Gasteiger partial charge is 0.369 e. The molecule has 2 rings (SSSR count). The van der Waals surface area contributed by atoms with Crippen LogP contribution in [0.4, 0.5) is 10.3 Å². The van der Waals surface area contributed by atoms with Gasteiger partial charge in [-0.1, -0.05) is 18.5 Å². The van der Waals surface area contributed by atoms with Crippen molar-refractivity contribution < 1.29 is 12.8 Å². The highest BCUT2D eigenvalue weighted by molar-refractivity contribution is 7.91. The van der Waals surface area contributed by atoms with Crippen LogP contribution < -0.4 is 5.73 Å². The zero-order valence-corrected chi connectivity index (χ0v) is 11.8. The Morgan fingerprint density at radius 1 is 1.47 bits per heavy atom. The molecule has 19 heavy (non-hydrogen) atoms. The van der Waals surface area contributed by atoms with Gasteiger partial charge in [0, 0.05) is 18.4 Å². The van der Waals surface area contributed by atoms with Crippen molar-refractivity contribution in [3.05, 3.63) is 23.0 Å². The van der Waals surface area contributed by atoms with Gasteiger partial charge in [-0.05, 0) is 6.07 Å². The zero-order chi connectivity index (χ0) is 14.2. The Kier molecular flexibility index (Phi) is 3.69. The van der Waals surface area contributed by atoms with Crippen LogP contribution in [0.3, 0.4) is 0 Å². The van der Waals surface area contributed by atoms with Crippen LogP contribution in [0.5, 0.6) is 0 Å². The van der Waals surface area contributed by atoms with Gasteiger partial charge in [-0.25, -0.2) is 17.8 Å². The van der Waals surface area contributed by atoms with Gasteiger partial charge in [0.1, 0.15) is 5.82 Å². The number of nitrogen functional groups attached to an aromatic ring is 1. The SMILES string of the molecule is CCS(=O)(=O)CCn1c(N)nc2cc(Cl)c(F)cc21. The lowest BCUT2D eigenvalue weighted by Crippen LogP contribution is -2.15. The van der Waals surface area contributed by atoms with E-state index in [1.807, 2.05) is 0 Å². The maximum Gasteiger partial charge on any atom is 0.201 e. The molecule has 2 aromatic rings. The predicted octanol–water partition coefficient (Wildman–Crippen LogP) is 1.85. The number of benzene rings is 1. The summed E-state index contributed by atoms with van der Waals surface area (Å²) in [7, 11) is -3.12. The van der Waals surface area contributed by atoms with Crippen molar-refractivity contribution in [1.82, 2.24) is 9.55 Å². The summed E-state index contributed by atoms with van der Waals surface area (Å²) in [6, 6.07) is 2.58. The minimum absolute atomic E-state index is 0.0432. The lowest BCUT2D eigenvalue weighted by Gasteiger charge is -2.06. The van der Waals surface area contributed by atoms with Crippen LogP contribution in [0.2, 0.25) is 5.02 Å². The Labute approximate surface area is 115 Å². The molecule has 1 aromatic heterocycles. The Balaban J connectivity index is 2.43. The summed E-state index contributed by atoms with van der Waals surface area (Å²) in [5.41, 5.74) is 6.59. The van der Waals surface area contributed by atoms with Crippen molar-refractivity contribution in [2.24, 2.45) is 0 Å². The Bertz CT molecular complexity index is 727. The van der Waals surface area contributed by atoms with Crippen LogP contribution >= 0.6 is 11.6 Å². The molecule has 0 bridgehead atoms. The van der Waals surface area contributed by atoms with Crippen LogP contribution in [0.15, 0.2) is 12.1 Å². The first-order valence-corrected chi connectivity index (χ1v) is 7.85. The van der Waals surface area contributed by atoms with Crippen LogP contribution in [0.1, 0.15) is 6.92 Å². The van der Waals surface area contributed by atoms with Crippen molar-refractivity contribution in [3.63, 3.8) is 0 Å². The predicted molar refractivity (Wildman–Crippen MR) is 73.4 cm³/mol. The summed E-state index contributed by atoms with van der Waals surface area (Å²) in [5.74, 6) is -0.458. The van der Waals surface area contributed by atoms with Gasteiger partial charge in [-0.15, -0.1) is 0 Å². The summed E-state index contributed by atoms with van der Waals surface area (Å²) in [4.78, 5) is 4.04. The van der Waals surface area contributed by atoms with E-state index in [1.165, 1.54) is 16.7 Å². The van der Waals surface area contributed by atoms with Gasteiger partial charge >= 0.3 is 0 Å². The molecule has 0 fully saturated rings. The van der Waals surface area contributed by atoms with E-state index >= 15 is 0 Å². The highest BCUT2D eigenvalue weighted by atomic mass is 35.5. The third-order valence-electron chi connectivity index (χ3n) is 2.89. The summed E-state index contributed by atoms with van der Waals surface area (Å²) in [5, 5.41) is -0.0432. The highest BCUT2D eigenvalue weighted by Crippen LogP contribution is 2.24. The van der Waals surface area contributed by atoms with Gasteiger partial charge in [0.25, 0.3) is 0 Å². The number of sulfone groups is 1. The first-order valence-electron chi connectivity index (χ1n) is 5.65. The molecule has 104 valence electrons. The highest BCUT2D eigenvalue weighted by Gasteiger charge is 2.14. The van der Waals surface area contributed by atoms with E-state index in [0.29, 0.717) is 11.0 Å². The molecule has 0 saturated heterocycles. The minimum atomic E-state index is -3.12. The fourth-order valence-corrected chi connectivity index (χ4v) is 2.66. The molecule has 0 aliphatic heterocycles. The molecule has 8 heteroatoms. The molecule has 0 unspecified atom stereocenters. The number of aryl methyl sites for hydroxylation is 1. The Morgan fingerprint density at radius 3 is 2.79 bits per heavy atom. The second-order valence-corrected chi connectivity index (χ2v) is 6.99. The van der Waals surface area contributed by atoms with Crippen LogP contribution in [-0.2, 0) is 16.4 Å². The molecule has 0 saturated carbocycles. The smallest absolute Gasteiger partial charge is 0.201 e. The molecule has 0 radical (unpaired) electrons. The van der Waals surface area contributed by atoms with E-state index in [0.717, 1.165) is 0 Å². The average molecular weight is 306 g/mol. The van der Waals surface area contributed by atoms with E-state index in [-0.39, 0.29) is 29.0 Å². The molecule has 2 N–H and O–H groups in total. The van der Waals surface area contributed by atoms with Crippen molar-refractivity contribution in [2.75, 3.05) is 17.2 Å². The second kappa shape index (κ2) is 4.97. The number of aromatic nitrogens is 2. The number of nitrogens with two attached hydrogens (primary N) is 1. The minimum Gasteiger partial charge on any atom is -0.369 e. The lowest BCUT2D eigenvalue weighted by molar-refractivity contribution is 0.591. The third-order valence-corrected chi connectivity index (χ3v) is 4.86. The normalized spacial score (nSPS) is 12.2. The van der Waals surface area contributed by atoms with E-state index < -0.39 is 15.7 Å². The van der Waals surface area contributed by atoms with Gasteiger partial charge in [-0.2, -0.15) is 0 Å². The van der Waals surface area contributed by atoms with Gasteiger partial charge in [0.2, 0.25) is 5.95 Å². The van der Waals surface area contributed by atoms with Gasteiger partial charge in [-0.3, -0.25) is 0 Å². The second-order valence-electron chi connectivity index (χ2n) is 4.11. The Hall–Kier alpha value is -1.34. The number of imidazole rings is 1. The summed E-state index contributed by atoms with van der Waals surface area (Å²) in [6.07, 6.45) is 0. The maximum atomic E-state index is 13.4. The van der Waals surface area contributed by atoms with Crippen LogP contribution in [0.25, 0.3) is 11.0 Å². The monoisotopic (exact) mass is 305 g/mol. The standard InChI is InChI=1S/C11H13ClFN3O2S/c1-2-19(17,18)4-3-16-10-6-8(13)7(12)5-9(10)15-11(16)14/h5-6H,2-4H2,1H3,(H2,14,15). The first-order chi connectivity index (χ1) is 8.84. The average Bonchev–Trinajstić information content (AvgIpc) is 2.63. The zero-order valence-electron chi connectivity index (χ0n) is 10.2. The molecular formula is C11H13ClFN3O2S. The summed E-state index contributed by atoms with van der Waals surface area (Å²) >= 11 is 5.66. The quantitative estimate of drug-likeness (QED) is 0.935. The van der Waals surface area contributed by atoms with E-state index in [1.54, 1.807) is 6.92 Å². The lowest BCUT2D eigenvalue weighted by atomic mass is 10.3. The number of hydrogen-bond acceptors (Lipinski definition) is 4. The molecule has 1 heterocycles. The molecular weight excluding hydrogens is 293 g/mol. The molecule has 0 aliphatic rings. The van der Waals surface area contributed by atoms with Crippen LogP contribution in [0, 0.1) is 5.82 Å². The van der Waals surface area contributed by atoms with Crippen molar-refractivity contribution in [1.29, 1.82) is 0 Å². The van der Waals surface area contributed by atoms with E-state index in [9.17, 15) is 12.8 Å². The fraction of sp³-hybridized carbons (Fsp3) is 0.364. The number of anilines is 1. The molecule has 5 nitrogen and oxygen atoms in total. The van der Waals surface area contributed by atoms with E-state index in [4.69, 9.17) is 17.3 Å². The number of hydrogen-bond donors (Lipinski definition) is 1. The third kappa shape index (κ3) is 2.82. The molecule has 1 aromatic carbocycles. The molecule has 0 atom stereocenters. The molecule has 0 amide bonds. The summed E-state index contributed by atoms with van der Waals surface area (Å²) < 4.78 is 37.9. The number of nitrogens with zero attached hydrogens (tertiary/aromatic N) is 2. The molecule has 0 aliphatic carbocycles. The molecule has 0 spiro atoms. The topological polar surface area (TPSA) is 78.0 Å². The number of halogens is 2. The van der Waals surface area contributed by atoms with E-state index in [2.05, 4.69) is 4.98 Å². The number of fused-ring (bicyclic) bond motifs is 1. The van der Waals surface area contributed by atoms with Gasteiger partial charge in [0.15, 0.2) is 9.84 Å². The van der Waals surface area contributed by atoms with Gasteiger partial charge in [0.05, 0.1) is 21.8 Å². The maximum absolute atomic E-state index is 13.4. The summed E-state index contributed by atoms with van der Waals surface area (Å²) in [6.45, 7) is 1.71. The first kappa shape index (κ1) is 14.1. The van der Waals surface area contributed by atoms with Crippen molar-refractivity contribution in [3.8, 4) is 0 Å². The fourth-order valence-electron chi connectivity index (χ4n) is 1.75. The van der Waals surface area contributed by atoms with Crippen LogP contribution in [-0.4, -0.2) is 29.5 Å². The Morgan fingerprint density at radius 2 is 2.16 bits per heavy atom.